The number of carbonyl (C=O) groups excluding carboxylic acids is 1. The van der Waals surface area contributed by atoms with Gasteiger partial charge in [0.25, 0.3) is 5.69 Å². The molecule has 8 heteroatoms. The molecule has 138 valence electrons. The van der Waals surface area contributed by atoms with Gasteiger partial charge in [0.05, 0.1) is 28.8 Å². The minimum Gasteiger partial charge on any atom is -0.339 e. The zero-order chi connectivity index (χ0) is 19.4. The summed E-state index contributed by atoms with van der Waals surface area (Å²) in [5.74, 6) is -0.105. The molecule has 0 unspecified atom stereocenters. The number of thiazole rings is 1. The largest absolute Gasteiger partial charge is 0.339 e. The molecule has 7 nitrogen and oxygen atoms in total. The summed E-state index contributed by atoms with van der Waals surface area (Å²) in [4.78, 5) is 33.5. The molecule has 0 aliphatic rings. The molecule has 0 N–H and O–H groups in total. The van der Waals surface area contributed by atoms with Crippen molar-refractivity contribution in [1.29, 1.82) is 0 Å². The summed E-state index contributed by atoms with van der Waals surface area (Å²) in [5, 5.41) is 13.6. The topological polar surface area (TPSA) is 89.2 Å². The van der Waals surface area contributed by atoms with E-state index in [1.54, 1.807) is 30.3 Å². The number of nitrogens with zero attached hydrogens (tertiary/aromatic N) is 4. The second kappa shape index (κ2) is 8.05. The lowest BCUT2D eigenvalue weighted by atomic mass is 10.1. The fourth-order valence-corrected chi connectivity index (χ4v) is 3.41. The molecule has 3 rings (SSSR count). The van der Waals surface area contributed by atoms with Crippen molar-refractivity contribution in [1.82, 2.24) is 14.9 Å². The molecule has 1 atom stereocenters. The number of hydrogen-bond acceptors (Lipinski definition) is 6. The maximum atomic E-state index is 12.6. The molecule has 1 aromatic carbocycles. The predicted molar refractivity (Wildman–Crippen MR) is 103 cm³/mol. The van der Waals surface area contributed by atoms with Crippen molar-refractivity contribution in [3.8, 4) is 10.7 Å². The second-order valence-electron chi connectivity index (χ2n) is 6.07. The maximum absolute atomic E-state index is 12.6. The Morgan fingerprint density at radius 2 is 2.11 bits per heavy atom. The Bertz CT molecular complexity index is 958. The standard InChI is InChI=1S/C19H18N4O3S/c1-13(14-6-5-7-16(10-14)23(25)26)22(2)18(24)11-15-12-27-19(21-15)17-8-3-4-9-20-17/h3-10,12-13H,11H2,1-2H3/t13-/m1/s1. The summed E-state index contributed by atoms with van der Waals surface area (Å²) in [5.41, 5.74) is 2.19. The van der Waals surface area contributed by atoms with Gasteiger partial charge < -0.3 is 4.90 Å². The Labute approximate surface area is 160 Å². The van der Waals surface area contributed by atoms with Crippen molar-refractivity contribution in [3.63, 3.8) is 0 Å². The van der Waals surface area contributed by atoms with Gasteiger partial charge in [0.2, 0.25) is 5.91 Å². The number of nitro groups is 1. The fourth-order valence-electron chi connectivity index (χ4n) is 2.61. The first kappa shape index (κ1) is 18.7. The van der Waals surface area contributed by atoms with Crippen molar-refractivity contribution >= 4 is 22.9 Å². The summed E-state index contributed by atoms with van der Waals surface area (Å²) in [6, 6.07) is 11.7. The van der Waals surface area contributed by atoms with Crippen LogP contribution in [0.2, 0.25) is 0 Å². The first-order chi connectivity index (χ1) is 13.0. The molecule has 0 fully saturated rings. The number of hydrogen-bond donors (Lipinski definition) is 0. The molecule has 3 aromatic rings. The number of amides is 1. The lowest BCUT2D eigenvalue weighted by molar-refractivity contribution is -0.384. The van der Waals surface area contributed by atoms with Gasteiger partial charge >= 0.3 is 0 Å². The molecule has 0 aliphatic carbocycles. The number of rotatable bonds is 6. The van der Waals surface area contributed by atoms with Crippen molar-refractivity contribution < 1.29 is 9.72 Å². The molecule has 1 amide bonds. The molecule has 0 saturated carbocycles. The van der Waals surface area contributed by atoms with Gasteiger partial charge in [-0.2, -0.15) is 0 Å². The minimum absolute atomic E-state index is 0.0136. The summed E-state index contributed by atoms with van der Waals surface area (Å²) >= 11 is 1.45. The van der Waals surface area contributed by atoms with Gasteiger partial charge in [0.1, 0.15) is 5.01 Å². The van der Waals surface area contributed by atoms with E-state index < -0.39 is 4.92 Å². The minimum atomic E-state index is -0.438. The van der Waals surface area contributed by atoms with Crippen LogP contribution in [0.25, 0.3) is 10.7 Å². The molecule has 0 saturated heterocycles. The van der Waals surface area contributed by atoms with Crippen LogP contribution in [0.4, 0.5) is 5.69 Å². The summed E-state index contributed by atoms with van der Waals surface area (Å²) in [6.07, 6.45) is 1.87. The molecule has 0 aliphatic heterocycles. The van der Waals surface area contributed by atoms with E-state index in [4.69, 9.17) is 0 Å². The van der Waals surface area contributed by atoms with E-state index in [0.717, 1.165) is 10.7 Å². The zero-order valence-electron chi connectivity index (χ0n) is 14.9. The van der Waals surface area contributed by atoms with Crippen LogP contribution >= 0.6 is 11.3 Å². The zero-order valence-corrected chi connectivity index (χ0v) is 15.7. The Morgan fingerprint density at radius 3 is 2.81 bits per heavy atom. The van der Waals surface area contributed by atoms with Crippen molar-refractivity contribution in [2.75, 3.05) is 7.05 Å². The smallest absolute Gasteiger partial charge is 0.269 e. The van der Waals surface area contributed by atoms with E-state index in [1.807, 2.05) is 30.5 Å². The van der Waals surface area contributed by atoms with Crippen LogP contribution in [-0.2, 0) is 11.2 Å². The van der Waals surface area contributed by atoms with Crippen LogP contribution in [0.5, 0.6) is 0 Å². The van der Waals surface area contributed by atoms with Crippen molar-refractivity contribution in [2.45, 2.75) is 19.4 Å². The third kappa shape index (κ3) is 4.35. The quantitative estimate of drug-likeness (QED) is 0.477. The van der Waals surface area contributed by atoms with E-state index in [9.17, 15) is 14.9 Å². The van der Waals surface area contributed by atoms with Crippen molar-refractivity contribution in [3.05, 3.63) is 75.4 Å². The number of non-ortho nitro benzene ring substituents is 1. The average molecular weight is 382 g/mol. The van der Waals surface area contributed by atoms with Gasteiger partial charge in [-0.05, 0) is 24.6 Å². The van der Waals surface area contributed by atoms with E-state index >= 15 is 0 Å². The highest BCUT2D eigenvalue weighted by atomic mass is 32.1. The van der Waals surface area contributed by atoms with E-state index in [-0.39, 0.29) is 24.1 Å². The fraction of sp³-hybridized carbons (Fsp3) is 0.211. The number of benzene rings is 1. The Balaban J connectivity index is 1.70. The Morgan fingerprint density at radius 1 is 1.30 bits per heavy atom. The number of carbonyl (C=O) groups is 1. The molecule has 0 bridgehead atoms. The summed E-state index contributed by atoms with van der Waals surface area (Å²) in [6.45, 7) is 1.84. The van der Waals surface area contributed by atoms with Crippen LogP contribution in [0, 0.1) is 10.1 Å². The highest BCUT2D eigenvalue weighted by Crippen LogP contribution is 2.25. The van der Waals surface area contributed by atoms with Gasteiger partial charge in [0, 0.05) is 30.8 Å². The third-order valence-corrected chi connectivity index (χ3v) is 5.22. The molecule has 2 heterocycles. The first-order valence-corrected chi connectivity index (χ1v) is 9.19. The van der Waals surface area contributed by atoms with Gasteiger partial charge in [-0.3, -0.25) is 19.9 Å². The normalized spacial score (nSPS) is 11.8. The van der Waals surface area contributed by atoms with Gasteiger partial charge in [-0.15, -0.1) is 11.3 Å². The monoisotopic (exact) mass is 382 g/mol. The lowest BCUT2D eigenvalue weighted by Crippen LogP contribution is -2.31. The SMILES string of the molecule is C[C@H](c1cccc([N+](=O)[O-])c1)N(C)C(=O)Cc1csc(-c2ccccn2)n1. The average Bonchev–Trinajstić information content (AvgIpc) is 3.16. The summed E-state index contributed by atoms with van der Waals surface area (Å²) < 4.78 is 0. The van der Waals surface area contributed by atoms with Crippen LogP contribution in [-0.4, -0.2) is 32.7 Å². The van der Waals surface area contributed by atoms with Gasteiger partial charge in [-0.25, -0.2) is 4.98 Å². The van der Waals surface area contributed by atoms with Crippen LogP contribution in [0.3, 0.4) is 0 Å². The predicted octanol–water partition coefficient (Wildman–Crippen LogP) is 3.88. The highest BCUT2D eigenvalue weighted by molar-refractivity contribution is 7.13. The maximum Gasteiger partial charge on any atom is 0.269 e. The van der Waals surface area contributed by atoms with E-state index in [2.05, 4.69) is 9.97 Å². The summed E-state index contributed by atoms with van der Waals surface area (Å²) in [7, 11) is 1.69. The Hall–Kier alpha value is -3.13. The molecule has 2 aromatic heterocycles. The Kier molecular flexibility index (Phi) is 5.56. The number of nitro benzene ring substituents is 1. The van der Waals surface area contributed by atoms with Gasteiger partial charge in [0.15, 0.2) is 0 Å². The molecule has 0 radical (unpaired) electrons. The second-order valence-corrected chi connectivity index (χ2v) is 6.93. The highest BCUT2D eigenvalue weighted by Gasteiger charge is 2.20. The van der Waals surface area contributed by atoms with Crippen LogP contribution < -0.4 is 0 Å². The molecular weight excluding hydrogens is 364 g/mol. The number of likely N-dealkylation sites (N-methyl/N-ethyl adjacent to an activating group) is 1. The number of pyridine rings is 1. The molecular formula is C19H18N4O3S. The van der Waals surface area contributed by atoms with E-state index in [0.29, 0.717) is 11.3 Å². The van der Waals surface area contributed by atoms with Gasteiger partial charge in [-0.1, -0.05) is 18.2 Å². The third-order valence-electron chi connectivity index (χ3n) is 4.31. The van der Waals surface area contributed by atoms with Crippen LogP contribution in [0.15, 0.2) is 54.0 Å². The van der Waals surface area contributed by atoms with Crippen molar-refractivity contribution in [2.24, 2.45) is 0 Å². The van der Waals surface area contributed by atoms with Crippen LogP contribution in [0.1, 0.15) is 24.2 Å². The lowest BCUT2D eigenvalue weighted by Gasteiger charge is -2.25. The van der Waals surface area contributed by atoms with E-state index in [1.165, 1.54) is 23.5 Å². The molecule has 27 heavy (non-hydrogen) atoms. The first-order valence-electron chi connectivity index (χ1n) is 8.31. The molecule has 0 spiro atoms. The number of aromatic nitrogens is 2.